The van der Waals surface area contributed by atoms with E-state index in [9.17, 15) is 17.6 Å². The summed E-state index contributed by atoms with van der Waals surface area (Å²) >= 11 is 0. The maximum atomic E-state index is 12.9. The summed E-state index contributed by atoms with van der Waals surface area (Å²) in [7, 11) is 0. The Morgan fingerprint density at radius 3 is 2.39 bits per heavy atom. The maximum Gasteiger partial charge on any atom is 0.416 e. The van der Waals surface area contributed by atoms with Gasteiger partial charge in [-0.3, -0.25) is 5.32 Å². The molecule has 0 amide bonds. The maximum absolute atomic E-state index is 12.9. The minimum absolute atomic E-state index is 0.0350. The predicted molar refractivity (Wildman–Crippen MR) is 61.2 cm³/mol. The number of benzene rings is 1. The average Bonchev–Trinajstić information content (AvgIpc) is 2.26. The third kappa shape index (κ3) is 3.74. The lowest BCUT2D eigenvalue weighted by Crippen LogP contribution is -2.37. The van der Waals surface area contributed by atoms with Crippen molar-refractivity contribution in [3.05, 3.63) is 35.1 Å². The van der Waals surface area contributed by atoms with Crippen molar-refractivity contribution in [2.24, 2.45) is 0 Å². The molecule has 0 fully saturated rings. The van der Waals surface area contributed by atoms with Gasteiger partial charge in [0.15, 0.2) is 0 Å². The van der Waals surface area contributed by atoms with Crippen LogP contribution in [0.5, 0.6) is 0 Å². The molecule has 1 nitrogen and oxygen atoms in total. The van der Waals surface area contributed by atoms with E-state index in [0.29, 0.717) is 6.07 Å². The molecule has 1 N–H and O–H groups in total. The van der Waals surface area contributed by atoms with Gasteiger partial charge in [-0.15, -0.1) is 6.42 Å². The van der Waals surface area contributed by atoms with Gasteiger partial charge in [0.1, 0.15) is 5.82 Å². The zero-order chi connectivity index (χ0) is 14.0. The summed E-state index contributed by atoms with van der Waals surface area (Å²) in [5, 5.41) is 2.80. The van der Waals surface area contributed by atoms with Gasteiger partial charge in [0.05, 0.1) is 11.1 Å². The second-order valence-electron chi connectivity index (χ2n) is 4.42. The highest BCUT2D eigenvalue weighted by Gasteiger charge is 2.33. The van der Waals surface area contributed by atoms with E-state index in [1.54, 1.807) is 13.8 Å². The monoisotopic (exact) mass is 259 g/mol. The Bertz CT molecular complexity index is 469. The molecular formula is C13H13F4N. The van der Waals surface area contributed by atoms with Gasteiger partial charge in [-0.2, -0.15) is 13.2 Å². The molecule has 1 rings (SSSR count). The summed E-state index contributed by atoms with van der Waals surface area (Å²) < 4.78 is 51.0. The quantitative estimate of drug-likeness (QED) is 0.648. The average molecular weight is 259 g/mol. The third-order valence-electron chi connectivity index (χ3n) is 2.46. The molecule has 1 aromatic rings. The Balaban J connectivity index is 3.00. The Morgan fingerprint density at radius 2 is 1.89 bits per heavy atom. The first-order valence-corrected chi connectivity index (χ1v) is 5.24. The molecule has 0 saturated heterocycles. The normalized spacial score (nSPS) is 12.3. The summed E-state index contributed by atoms with van der Waals surface area (Å²) in [6, 6.07) is 2.59. The molecule has 0 saturated carbocycles. The first kappa shape index (κ1) is 14.5. The first-order chi connectivity index (χ1) is 8.15. The van der Waals surface area contributed by atoms with Crippen LogP contribution < -0.4 is 5.32 Å². The number of terminal acetylenes is 1. The van der Waals surface area contributed by atoms with Crippen molar-refractivity contribution < 1.29 is 17.6 Å². The van der Waals surface area contributed by atoms with E-state index in [2.05, 4.69) is 11.2 Å². The molecule has 0 aromatic heterocycles. The van der Waals surface area contributed by atoms with Crippen molar-refractivity contribution in [2.45, 2.75) is 32.1 Å². The fourth-order valence-corrected chi connectivity index (χ4v) is 1.33. The van der Waals surface area contributed by atoms with Gasteiger partial charge in [-0.25, -0.2) is 4.39 Å². The van der Waals surface area contributed by atoms with Crippen LogP contribution in [0, 0.1) is 18.2 Å². The highest BCUT2D eigenvalue weighted by molar-refractivity contribution is 5.30. The number of rotatable bonds is 3. The zero-order valence-corrected chi connectivity index (χ0v) is 10.0. The number of nitrogens with one attached hydrogen (secondary N) is 1. The number of hydrogen-bond acceptors (Lipinski definition) is 1. The zero-order valence-electron chi connectivity index (χ0n) is 10.0. The lowest BCUT2D eigenvalue weighted by atomic mass is 10.0. The SMILES string of the molecule is C#CC(C)(C)NCc1ccc(F)cc1C(F)(F)F. The number of alkyl halides is 3. The highest BCUT2D eigenvalue weighted by Crippen LogP contribution is 2.32. The molecule has 98 valence electrons. The minimum atomic E-state index is -4.58. The lowest BCUT2D eigenvalue weighted by molar-refractivity contribution is -0.138. The van der Waals surface area contributed by atoms with Crippen molar-refractivity contribution >= 4 is 0 Å². The second-order valence-corrected chi connectivity index (χ2v) is 4.42. The van der Waals surface area contributed by atoms with E-state index < -0.39 is 23.1 Å². The summed E-state index contributed by atoms with van der Waals surface area (Å²) in [6.07, 6.45) is 0.640. The van der Waals surface area contributed by atoms with Crippen LogP contribution in [0.25, 0.3) is 0 Å². The van der Waals surface area contributed by atoms with E-state index in [4.69, 9.17) is 6.42 Å². The van der Waals surface area contributed by atoms with E-state index in [0.717, 1.165) is 12.1 Å². The second kappa shape index (κ2) is 4.99. The first-order valence-electron chi connectivity index (χ1n) is 5.24. The summed E-state index contributed by atoms with van der Waals surface area (Å²) in [5.74, 6) is 1.50. The molecule has 0 unspecified atom stereocenters. The van der Waals surface area contributed by atoms with Crippen LogP contribution in [-0.2, 0) is 12.7 Å². The fourth-order valence-electron chi connectivity index (χ4n) is 1.33. The topological polar surface area (TPSA) is 12.0 Å². The van der Waals surface area contributed by atoms with E-state index >= 15 is 0 Å². The van der Waals surface area contributed by atoms with Gasteiger partial charge >= 0.3 is 6.18 Å². The smallest absolute Gasteiger partial charge is 0.297 e. The van der Waals surface area contributed by atoms with E-state index in [1.807, 2.05) is 0 Å². The molecule has 0 bridgehead atoms. The van der Waals surface area contributed by atoms with Crippen LogP contribution >= 0.6 is 0 Å². The Morgan fingerprint density at radius 1 is 1.28 bits per heavy atom. The van der Waals surface area contributed by atoms with Crippen molar-refractivity contribution in [3.63, 3.8) is 0 Å². The molecule has 0 radical (unpaired) electrons. The van der Waals surface area contributed by atoms with Crippen LogP contribution in [0.2, 0.25) is 0 Å². The van der Waals surface area contributed by atoms with Crippen molar-refractivity contribution in [2.75, 3.05) is 0 Å². The molecule has 0 aliphatic carbocycles. The Hall–Kier alpha value is -1.54. The Kier molecular flexibility index (Phi) is 4.02. The van der Waals surface area contributed by atoms with Gasteiger partial charge in [0.2, 0.25) is 0 Å². The molecule has 5 heteroatoms. The van der Waals surface area contributed by atoms with Crippen LogP contribution in [0.1, 0.15) is 25.0 Å². The predicted octanol–water partition coefficient (Wildman–Crippen LogP) is 3.35. The summed E-state index contributed by atoms with van der Waals surface area (Å²) in [4.78, 5) is 0. The van der Waals surface area contributed by atoms with Crippen LogP contribution in [0.3, 0.4) is 0 Å². The lowest BCUT2D eigenvalue weighted by Gasteiger charge is -2.21. The van der Waals surface area contributed by atoms with Gasteiger partial charge in [-0.05, 0) is 31.5 Å². The fraction of sp³-hybridized carbons (Fsp3) is 0.385. The summed E-state index contributed by atoms with van der Waals surface area (Å²) in [5.41, 5.74) is -1.74. The molecule has 1 aromatic carbocycles. The molecule has 0 atom stereocenters. The molecule has 0 aliphatic rings. The Labute approximate surface area is 103 Å². The standard InChI is InChI=1S/C13H13F4N/c1-4-12(2,3)18-8-9-5-6-10(14)7-11(9)13(15,16)17/h1,5-7,18H,8H2,2-3H3. The third-order valence-corrected chi connectivity index (χ3v) is 2.46. The van der Waals surface area contributed by atoms with Gasteiger partial charge in [0, 0.05) is 6.54 Å². The van der Waals surface area contributed by atoms with Crippen molar-refractivity contribution in [1.29, 1.82) is 0 Å². The van der Waals surface area contributed by atoms with E-state index in [-0.39, 0.29) is 12.1 Å². The van der Waals surface area contributed by atoms with Gasteiger partial charge < -0.3 is 0 Å². The van der Waals surface area contributed by atoms with Crippen LogP contribution in [-0.4, -0.2) is 5.54 Å². The van der Waals surface area contributed by atoms with E-state index in [1.165, 1.54) is 0 Å². The summed E-state index contributed by atoms with van der Waals surface area (Å²) in [6.45, 7) is 3.26. The minimum Gasteiger partial charge on any atom is -0.297 e. The largest absolute Gasteiger partial charge is 0.416 e. The van der Waals surface area contributed by atoms with Gasteiger partial charge in [-0.1, -0.05) is 12.0 Å². The molecule has 18 heavy (non-hydrogen) atoms. The molecule has 0 aliphatic heterocycles. The van der Waals surface area contributed by atoms with Gasteiger partial charge in [0.25, 0.3) is 0 Å². The molecule has 0 heterocycles. The number of halogens is 4. The molecular weight excluding hydrogens is 246 g/mol. The van der Waals surface area contributed by atoms with Crippen LogP contribution in [0.4, 0.5) is 17.6 Å². The number of hydrogen-bond donors (Lipinski definition) is 1. The molecule has 0 spiro atoms. The van der Waals surface area contributed by atoms with Crippen LogP contribution in [0.15, 0.2) is 18.2 Å². The van der Waals surface area contributed by atoms with Crippen molar-refractivity contribution in [3.8, 4) is 12.3 Å². The van der Waals surface area contributed by atoms with Crippen molar-refractivity contribution in [1.82, 2.24) is 5.32 Å². The highest BCUT2D eigenvalue weighted by atomic mass is 19.4.